The van der Waals surface area contributed by atoms with E-state index in [0.717, 1.165) is 15.4 Å². The van der Waals surface area contributed by atoms with Gasteiger partial charge in [0.1, 0.15) is 11.8 Å². The molecule has 3 heterocycles. The third-order valence-corrected chi connectivity index (χ3v) is 5.17. The van der Waals surface area contributed by atoms with Crippen LogP contribution in [0, 0.1) is 12.8 Å². The predicted molar refractivity (Wildman–Crippen MR) is 99.6 cm³/mol. The largest absolute Gasteiger partial charge is 0.464 e. The molecule has 1 N–H and O–H groups in total. The SMILES string of the molecule is Cc1ccc2occ(C3CC(C4C(=O)N(C)C(=O)N(C)C4=O)=NN3)c(=O)c2c1. The zero-order valence-electron chi connectivity index (χ0n) is 15.6. The maximum atomic E-state index is 12.9. The minimum absolute atomic E-state index is 0.181. The van der Waals surface area contributed by atoms with E-state index < -0.39 is 29.8 Å². The van der Waals surface area contributed by atoms with Gasteiger partial charge in [0.05, 0.1) is 22.7 Å². The molecular weight excluding hydrogens is 364 g/mol. The number of nitrogens with zero attached hydrogens (tertiary/aromatic N) is 3. The molecule has 0 spiro atoms. The number of carbonyl (C=O) groups is 3. The number of amides is 4. The third kappa shape index (κ3) is 2.58. The molecule has 1 unspecified atom stereocenters. The zero-order chi connectivity index (χ0) is 20.2. The maximum Gasteiger partial charge on any atom is 0.332 e. The van der Waals surface area contributed by atoms with Crippen LogP contribution in [0.2, 0.25) is 0 Å². The van der Waals surface area contributed by atoms with E-state index in [1.54, 1.807) is 12.1 Å². The average Bonchev–Trinajstić information content (AvgIpc) is 3.15. The standard InChI is InChI=1S/C19H18N4O5/c1-9-4-5-14-10(6-9)16(24)11(8-28-14)12-7-13(21-20-12)15-17(25)22(2)19(27)23(3)18(15)26/h4-6,8,12,15,20H,7H2,1-3H3. The Balaban J connectivity index is 1.64. The molecule has 0 bridgehead atoms. The van der Waals surface area contributed by atoms with E-state index in [0.29, 0.717) is 16.5 Å². The van der Waals surface area contributed by atoms with Crippen LogP contribution in [0.15, 0.2) is 38.8 Å². The second kappa shape index (κ2) is 6.29. The number of fused-ring (bicyclic) bond motifs is 1. The van der Waals surface area contributed by atoms with Crippen molar-refractivity contribution >= 4 is 34.5 Å². The van der Waals surface area contributed by atoms with E-state index in [-0.39, 0.29) is 17.6 Å². The predicted octanol–water partition coefficient (Wildman–Crippen LogP) is 1.16. The molecule has 9 nitrogen and oxygen atoms in total. The Morgan fingerprint density at radius 1 is 1.11 bits per heavy atom. The smallest absolute Gasteiger partial charge is 0.332 e. The molecule has 1 aromatic heterocycles. The summed E-state index contributed by atoms with van der Waals surface area (Å²) in [7, 11) is 2.64. The fourth-order valence-electron chi connectivity index (χ4n) is 3.52. The number of nitrogens with one attached hydrogen (secondary N) is 1. The van der Waals surface area contributed by atoms with Crippen molar-refractivity contribution in [3.05, 3.63) is 45.8 Å². The van der Waals surface area contributed by atoms with E-state index in [2.05, 4.69) is 10.5 Å². The highest BCUT2D eigenvalue weighted by Gasteiger charge is 2.46. The van der Waals surface area contributed by atoms with Gasteiger partial charge in [-0.1, -0.05) is 11.6 Å². The molecule has 4 amide bonds. The van der Waals surface area contributed by atoms with Gasteiger partial charge in [-0.2, -0.15) is 5.10 Å². The summed E-state index contributed by atoms with van der Waals surface area (Å²) in [5.41, 5.74) is 4.70. The summed E-state index contributed by atoms with van der Waals surface area (Å²) in [5, 5.41) is 4.59. The summed E-state index contributed by atoms with van der Waals surface area (Å²) < 4.78 is 5.58. The van der Waals surface area contributed by atoms with E-state index >= 15 is 0 Å². The fraction of sp³-hybridized carbons (Fsp3) is 0.316. The minimum atomic E-state index is -1.18. The Hall–Kier alpha value is -3.49. The van der Waals surface area contributed by atoms with Gasteiger partial charge in [0.25, 0.3) is 0 Å². The van der Waals surface area contributed by atoms with Crippen molar-refractivity contribution in [1.29, 1.82) is 0 Å². The van der Waals surface area contributed by atoms with Gasteiger partial charge in [0.15, 0.2) is 11.3 Å². The molecule has 1 saturated heterocycles. The number of barbiturate groups is 1. The number of rotatable bonds is 2. The van der Waals surface area contributed by atoms with Crippen LogP contribution in [-0.2, 0) is 9.59 Å². The molecular formula is C19H18N4O5. The summed E-state index contributed by atoms with van der Waals surface area (Å²) in [6, 6.07) is 4.14. The van der Waals surface area contributed by atoms with Crippen LogP contribution in [0.25, 0.3) is 11.0 Å². The molecule has 0 aliphatic carbocycles. The van der Waals surface area contributed by atoms with Crippen LogP contribution >= 0.6 is 0 Å². The van der Waals surface area contributed by atoms with E-state index in [4.69, 9.17) is 4.42 Å². The number of hydrogen-bond acceptors (Lipinski definition) is 7. The summed E-state index contributed by atoms with van der Waals surface area (Å²) >= 11 is 0. The molecule has 2 aliphatic rings. The minimum Gasteiger partial charge on any atom is -0.464 e. The highest BCUT2D eigenvalue weighted by atomic mass is 16.3. The monoisotopic (exact) mass is 382 g/mol. The van der Waals surface area contributed by atoms with Crippen molar-refractivity contribution in [2.45, 2.75) is 19.4 Å². The Labute approximate surface area is 159 Å². The lowest BCUT2D eigenvalue weighted by molar-refractivity contribution is -0.144. The Bertz CT molecular complexity index is 1090. The van der Waals surface area contributed by atoms with Crippen LogP contribution < -0.4 is 10.9 Å². The molecule has 2 aliphatic heterocycles. The number of urea groups is 1. The van der Waals surface area contributed by atoms with Crippen LogP contribution in [0.4, 0.5) is 4.79 Å². The molecule has 9 heteroatoms. The van der Waals surface area contributed by atoms with E-state index in [1.165, 1.54) is 20.4 Å². The van der Waals surface area contributed by atoms with Gasteiger partial charge < -0.3 is 9.84 Å². The first-order chi connectivity index (χ1) is 13.3. The van der Waals surface area contributed by atoms with Crippen molar-refractivity contribution in [2.75, 3.05) is 14.1 Å². The molecule has 1 atom stereocenters. The fourth-order valence-corrected chi connectivity index (χ4v) is 3.52. The number of aryl methyl sites for hydroxylation is 1. The van der Waals surface area contributed by atoms with Crippen molar-refractivity contribution in [1.82, 2.24) is 15.2 Å². The first-order valence-corrected chi connectivity index (χ1v) is 8.72. The molecule has 1 fully saturated rings. The zero-order valence-corrected chi connectivity index (χ0v) is 15.6. The van der Waals surface area contributed by atoms with Crippen molar-refractivity contribution in [3.8, 4) is 0 Å². The highest BCUT2D eigenvalue weighted by Crippen LogP contribution is 2.27. The van der Waals surface area contributed by atoms with Crippen molar-refractivity contribution in [3.63, 3.8) is 0 Å². The number of imide groups is 2. The Kier molecular flexibility index (Phi) is 4.02. The van der Waals surface area contributed by atoms with E-state index in [9.17, 15) is 19.2 Å². The second-order valence-electron chi connectivity index (χ2n) is 7.02. The van der Waals surface area contributed by atoms with Crippen LogP contribution in [0.5, 0.6) is 0 Å². The Morgan fingerprint density at radius 2 is 1.79 bits per heavy atom. The van der Waals surface area contributed by atoms with Gasteiger partial charge >= 0.3 is 6.03 Å². The molecule has 144 valence electrons. The summed E-state index contributed by atoms with van der Waals surface area (Å²) in [5.74, 6) is -2.44. The van der Waals surface area contributed by atoms with Gasteiger partial charge in [-0.15, -0.1) is 0 Å². The van der Waals surface area contributed by atoms with E-state index in [1.807, 2.05) is 13.0 Å². The second-order valence-corrected chi connectivity index (χ2v) is 7.02. The first kappa shape index (κ1) is 17.9. The summed E-state index contributed by atoms with van der Waals surface area (Å²) in [4.78, 5) is 51.5. The molecule has 28 heavy (non-hydrogen) atoms. The van der Waals surface area contributed by atoms with Crippen LogP contribution in [0.1, 0.15) is 23.6 Å². The lowest BCUT2D eigenvalue weighted by Gasteiger charge is -2.32. The van der Waals surface area contributed by atoms with Gasteiger partial charge in [-0.05, 0) is 19.1 Å². The van der Waals surface area contributed by atoms with Gasteiger partial charge in [-0.25, -0.2) is 4.79 Å². The normalized spacial score (nSPS) is 20.8. The molecule has 2 aromatic rings. The molecule has 0 saturated carbocycles. The first-order valence-electron chi connectivity index (χ1n) is 8.72. The Morgan fingerprint density at radius 3 is 2.46 bits per heavy atom. The van der Waals surface area contributed by atoms with Crippen LogP contribution in [0.3, 0.4) is 0 Å². The number of carbonyl (C=O) groups excluding carboxylic acids is 3. The molecule has 4 rings (SSSR count). The number of hydrogen-bond donors (Lipinski definition) is 1. The lowest BCUT2D eigenvalue weighted by atomic mass is 9.92. The van der Waals surface area contributed by atoms with Crippen molar-refractivity contribution < 1.29 is 18.8 Å². The summed E-state index contributed by atoms with van der Waals surface area (Å²) in [6.07, 6.45) is 1.56. The van der Waals surface area contributed by atoms with Crippen LogP contribution in [-0.4, -0.2) is 47.5 Å². The number of hydrazone groups is 1. The maximum absolute atomic E-state index is 12.9. The lowest BCUT2D eigenvalue weighted by Crippen LogP contribution is -2.58. The van der Waals surface area contributed by atoms with Gasteiger partial charge in [-0.3, -0.25) is 24.2 Å². The van der Waals surface area contributed by atoms with Crippen molar-refractivity contribution in [2.24, 2.45) is 11.0 Å². The summed E-state index contributed by atoms with van der Waals surface area (Å²) in [6.45, 7) is 1.88. The topological polar surface area (TPSA) is 112 Å². The van der Waals surface area contributed by atoms with Gasteiger partial charge in [0, 0.05) is 20.5 Å². The molecule has 1 aromatic carbocycles. The number of benzene rings is 1. The third-order valence-electron chi connectivity index (χ3n) is 5.17. The highest BCUT2D eigenvalue weighted by molar-refractivity contribution is 6.27. The quantitative estimate of drug-likeness (QED) is 0.780. The average molecular weight is 382 g/mol. The molecule has 0 radical (unpaired) electrons. The van der Waals surface area contributed by atoms with Gasteiger partial charge in [0.2, 0.25) is 11.8 Å².